The lowest BCUT2D eigenvalue weighted by Gasteiger charge is -2.48. The van der Waals surface area contributed by atoms with E-state index >= 15 is 0 Å². The van der Waals surface area contributed by atoms with Crippen LogP contribution in [0.25, 0.3) is 0 Å². The molecule has 1 unspecified atom stereocenters. The molecule has 7 aromatic rings. The third-order valence-corrected chi connectivity index (χ3v) is 13.4. The van der Waals surface area contributed by atoms with Gasteiger partial charge in [-0.1, -0.05) is 212 Å². The molecular weight excluding hydrogens is 977 g/mol. The highest BCUT2D eigenvalue weighted by Gasteiger charge is 2.52. The van der Waals surface area contributed by atoms with Crippen molar-refractivity contribution in [2.75, 3.05) is 26.4 Å². The standard InChI is InChI=1S/C64H70O13/c65-36-54(66)44-74-63-61(72-42-52-32-18-6-19-33-52)60(71-41-51-30-16-5-17-31-51)58(69-39-49-26-12-3-13-27-49)56(77-63)46-75-64-62(73-43-53-34-20-7-21-35-53)59(70-40-50-28-14-4-15-29-50)57(68-38-48-24-10-2-11-25-48)55(76-64)45-67-37-47-22-8-1-9-23-47/h1-35,54-66H,36-46H2/t54?,55-,56-,57-,58-,59+,60+,61+,62+,63+,64+/m1/s1. The number of hydrogen-bond acceptors (Lipinski definition) is 13. The number of hydrogen-bond donors (Lipinski definition) is 2. The average Bonchev–Trinajstić information content (AvgIpc) is 3.52. The van der Waals surface area contributed by atoms with Crippen molar-refractivity contribution in [2.24, 2.45) is 0 Å². The molecule has 2 heterocycles. The van der Waals surface area contributed by atoms with E-state index < -0.39 is 74.1 Å². The van der Waals surface area contributed by atoms with Crippen molar-refractivity contribution in [1.82, 2.24) is 0 Å². The summed E-state index contributed by atoms with van der Waals surface area (Å²) in [7, 11) is 0. The quantitative estimate of drug-likeness (QED) is 0.0461. The lowest BCUT2D eigenvalue weighted by molar-refractivity contribution is -0.354. The summed E-state index contributed by atoms with van der Waals surface area (Å²) in [6.45, 7) is 0.907. The second-order valence-corrected chi connectivity index (χ2v) is 19.2. The minimum absolute atomic E-state index is 0.118. The predicted molar refractivity (Wildman–Crippen MR) is 289 cm³/mol. The Hall–Kier alpha value is -5.98. The van der Waals surface area contributed by atoms with Crippen LogP contribution < -0.4 is 0 Å². The monoisotopic (exact) mass is 1050 g/mol. The fourth-order valence-corrected chi connectivity index (χ4v) is 9.34. The minimum atomic E-state index is -1.19. The fraction of sp³-hybridized carbons (Fsp3) is 0.344. The van der Waals surface area contributed by atoms with Gasteiger partial charge in [0.25, 0.3) is 0 Å². The Morgan fingerprint density at radius 1 is 0.312 bits per heavy atom. The van der Waals surface area contributed by atoms with Crippen LogP contribution in [0.15, 0.2) is 212 Å². The molecule has 11 atom stereocenters. The van der Waals surface area contributed by atoms with E-state index in [1.807, 2.05) is 212 Å². The summed E-state index contributed by atoms with van der Waals surface area (Å²) in [5.74, 6) is 0. The topological polar surface area (TPSA) is 142 Å². The Labute approximate surface area is 452 Å². The van der Waals surface area contributed by atoms with Gasteiger partial charge in [-0.2, -0.15) is 0 Å². The van der Waals surface area contributed by atoms with Gasteiger partial charge in [0.2, 0.25) is 0 Å². The molecule has 0 amide bonds. The predicted octanol–water partition coefficient (Wildman–Crippen LogP) is 9.55. The molecule has 0 aromatic heterocycles. The van der Waals surface area contributed by atoms with E-state index in [1.165, 1.54) is 0 Å². The van der Waals surface area contributed by atoms with Crippen LogP contribution in [0.2, 0.25) is 0 Å². The van der Waals surface area contributed by atoms with Crippen molar-refractivity contribution < 1.29 is 62.3 Å². The zero-order chi connectivity index (χ0) is 52.7. The van der Waals surface area contributed by atoms with Crippen LogP contribution in [0.3, 0.4) is 0 Å². The molecule has 13 heteroatoms. The van der Waals surface area contributed by atoms with E-state index in [0.717, 1.165) is 38.9 Å². The van der Waals surface area contributed by atoms with Crippen molar-refractivity contribution in [1.29, 1.82) is 0 Å². The number of benzene rings is 7. The summed E-state index contributed by atoms with van der Waals surface area (Å²) in [5, 5.41) is 20.6. The zero-order valence-corrected chi connectivity index (χ0v) is 43.2. The molecule has 0 saturated carbocycles. The first-order valence-corrected chi connectivity index (χ1v) is 26.4. The van der Waals surface area contributed by atoms with Gasteiger partial charge in [-0.25, -0.2) is 0 Å². The molecule has 2 fully saturated rings. The Balaban J connectivity index is 1.07. The van der Waals surface area contributed by atoms with Crippen LogP contribution >= 0.6 is 0 Å². The Kier molecular flexibility index (Phi) is 21.9. The van der Waals surface area contributed by atoms with Gasteiger partial charge < -0.3 is 62.3 Å². The molecule has 2 saturated heterocycles. The maximum atomic E-state index is 10.7. The maximum Gasteiger partial charge on any atom is 0.187 e. The van der Waals surface area contributed by atoms with E-state index in [2.05, 4.69) is 0 Å². The molecule has 0 spiro atoms. The Morgan fingerprint density at radius 3 is 0.909 bits per heavy atom. The molecule has 0 radical (unpaired) electrons. The van der Waals surface area contributed by atoms with Gasteiger partial charge >= 0.3 is 0 Å². The van der Waals surface area contributed by atoms with Gasteiger partial charge in [0.05, 0.1) is 72.7 Å². The van der Waals surface area contributed by atoms with E-state index in [1.54, 1.807) is 0 Å². The lowest BCUT2D eigenvalue weighted by Crippen LogP contribution is -2.64. The Morgan fingerprint density at radius 2 is 0.584 bits per heavy atom. The molecule has 0 aliphatic carbocycles. The van der Waals surface area contributed by atoms with Gasteiger partial charge in [-0.3, -0.25) is 0 Å². The van der Waals surface area contributed by atoms with Crippen molar-refractivity contribution in [3.63, 3.8) is 0 Å². The lowest BCUT2D eigenvalue weighted by atomic mass is 9.96. The van der Waals surface area contributed by atoms with Crippen LogP contribution in [-0.4, -0.2) is 104 Å². The van der Waals surface area contributed by atoms with Gasteiger partial charge in [-0.05, 0) is 38.9 Å². The molecule has 7 aromatic carbocycles. The van der Waals surface area contributed by atoms with E-state index in [9.17, 15) is 10.2 Å². The fourth-order valence-electron chi connectivity index (χ4n) is 9.34. The van der Waals surface area contributed by atoms with Crippen LogP contribution in [0.1, 0.15) is 38.9 Å². The SMILES string of the molecule is OCC(O)CO[C@H]1O[C@H](CO[C@H]2O[C@H](COCc3ccccc3)[C@@H](OCc3ccccc3)[C@H](OCc3ccccc3)[C@@H]2OCc2ccccc2)[C@@H](OCc2ccccc2)[C@H](OCc2ccccc2)[C@@H]1OCc1ccccc1. The second-order valence-electron chi connectivity index (χ2n) is 19.2. The van der Waals surface area contributed by atoms with E-state index in [-0.39, 0.29) is 59.5 Å². The van der Waals surface area contributed by atoms with Crippen molar-refractivity contribution in [3.05, 3.63) is 251 Å². The van der Waals surface area contributed by atoms with Gasteiger partial charge in [0.1, 0.15) is 54.9 Å². The first-order valence-electron chi connectivity index (χ1n) is 26.4. The molecule has 0 bridgehead atoms. The zero-order valence-electron chi connectivity index (χ0n) is 43.2. The number of aliphatic hydroxyl groups excluding tert-OH is 2. The molecule has 9 rings (SSSR count). The first kappa shape index (κ1) is 55.8. The van der Waals surface area contributed by atoms with Crippen molar-refractivity contribution in [3.8, 4) is 0 Å². The maximum absolute atomic E-state index is 10.7. The van der Waals surface area contributed by atoms with E-state index in [4.69, 9.17) is 52.1 Å². The summed E-state index contributed by atoms with van der Waals surface area (Å²) in [4.78, 5) is 0. The third-order valence-electron chi connectivity index (χ3n) is 13.4. The summed E-state index contributed by atoms with van der Waals surface area (Å²) in [6, 6.07) is 69.4. The Bertz CT molecular complexity index is 2660. The molecular formula is C64H70O13. The highest BCUT2D eigenvalue weighted by molar-refractivity contribution is 5.19. The molecule has 404 valence electrons. The third kappa shape index (κ3) is 17.0. The molecule has 77 heavy (non-hydrogen) atoms. The largest absolute Gasteiger partial charge is 0.394 e. The normalized spacial score (nSPS) is 23.8. The highest BCUT2D eigenvalue weighted by Crippen LogP contribution is 2.35. The molecule has 2 aliphatic rings. The van der Waals surface area contributed by atoms with Crippen LogP contribution in [0, 0.1) is 0 Å². The van der Waals surface area contributed by atoms with Crippen LogP contribution in [0.4, 0.5) is 0 Å². The van der Waals surface area contributed by atoms with Crippen LogP contribution in [-0.2, 0) is 98.4 Å². The minimum Gasteiger partial charge on any atom is -0.394 e. The van der Waals surface area contributed by atoms with Crippen molar-refractivity contribution >= 4 is 0 Å². The summed E-state index contributed by atoms with van der Waals surface area (Å²) in [5.41, 5.74) is 6.68. The van der Waals surface area contributed by atoms with Gasteiger partial charge in [0.15, 0.2) is 12.6 Å². The summed E-state index contributed by atoms with van der Waals surface area (Å²) >= 11 is 0. The summed E-state index contributed by atoms with van der Waals surface area (Å²) < 4.78 is 75.6. The average molecular weight is 1050 g/mol. The number of rotatable bonds is 29. The second kappa shape index (κ2) is 30.2. The van der Waals surface area contributed by atoms with E-state index in [0.29, 0.717) is 6.61 Å². The van der Waals surface area contributed by atoms with Gasteiger partial charge in [-0.15, -0.1) is 0 Å². The number of ether oxygens (including phenoxy) is 11. The van der Waals surface area contributed by atoms with Crippen molar-refractivity contribution in [2.45, 2.75) is 114 Å². The smallest absolute Gasteiger partial charge is 0.187 e. The first-order chi connectivity index (χ1) is 38.1. The highest BCUT2D eigenvalue weighted by atomic mass is 16.8. The molecule has 13 nitrogen and oxygen atoms in total. The van der Waals surface area contributed by atoms with Crippen LogP contribution in [0.5, 0.6) is 0 Å². The number of aliphatic hydroxyl groups is 2. The molecule has 2 N–H and O–H groups in total. The van der Waals surface area contributed by atoms with Gasteiger partial charge in [0, 0.05) is 0 Å². The molecule has 2 aliphatic heterocycles. The summed E-state index contributed by atoms with van der Waals surface area (Å²) in [6.07, 6.45) is -9.85.